The van der Waals surface area contributed by atoms with Gasteiger partial charge in [-0.05, 0) is 12.1 Å². The molecule has 3 aromatic rings. The van der Waals surface area contributed by atoms with Crippen LogP contribution in [0.25, 0.3) is 5.69 Å². The van der Waals surface area contributed by atoms with E-state index >= 15 is 0 Å². The van der Waals surface area contributed by atoms with E-state index in [9.17, 15) is 14.9 Å². The third kappa shape index (κ3) is 3.63. The highest BCUT2D eigenvalue weighted by Gasteiger charge is 2.12. The molecule has 1 aromatic carbocycles. The van der Waals surface area contributed by atoms with Gasteiger partial charge in [0.1, 0.15) is 5.02 Å². The minimum Gasteiger partial charge on any atom is -0.381 e. The van der Waals surface area contributed by atoms with E-state index in [0.717, 1.165) is 4.68 Å². The molecule has 3 rings (SSSR count). The normalized spacial score (nSPS) is 10.6. The molecule has 0 aliphatic carbocycles. The van der Waals surface area contributed by atoms with Crippen molar-refractivity contribution in [3.63, 3.8) is 0 Å². The van der Waals surface area contributed by atoms with Gasteiger partial charge in [-0.3, -0.25) is 19.6 Å². The average molecular weight is 362 g/mol. The number of hydrogen-bond donors (Lipinski definition) is 1. The smallest absolute Gasteiger partial charge is 0.292 e. The monoisotopic (exact) mass is 361 g/mol. The van der Waals surface area contributed by atoms with E-state index in [0.29, 0.717) is 24.5 Å². The summed E-state index contributed by atoms with van der Waals surface area (Å²) in [5.41, 5.74) is 0.173. The van der Waals surface area contributed by atoms with Crippen LogP contribution in [0.2, 0.25) is 5.02 Å². The van der Waals surface area contributed by atoms with Crippen molar-refractivity contribution < 1.29 is 4.92 Å². The minimum absolute atomic E-state index is 0.0213. The summed E-state index contributed by atoms with van der Waals surface area (Å²) in [5.74, 6) is 0. The van der Waals surface area contributed by atoms with Gasteiger partial charge in [0.05, 0.1) is 35.2 Å². The first kappa shape index (κ1) is 16.6. The van der Waals surface area contributed by atoms with E-state index in [2.05, 4.69) is 20.7 Å². The molecule has 128 valence electrons. The van der Waals surface area contributed by atoms with Gasteiger partial charge in [0, 0.05) is 24.9 Å². The summed E-state index contributed by atoms with van der Waals surface area (Å²) < 4.78 is 2.71. The van der Waals surface area contributed by atoms with Crippen molar-refractivity contribution >= 4 is 23.0 Å². The fourth-order valence-corrected chi connectivity index (χ4v) is 2.31. The van der Waals surface area contributed by atoms with Gasteiger partial charge >= 0.3 is 0 Å². The van der Waals surface area contributed by atoms with Crippen molar-refractivity contribution in [1.82, 2.24) is 24.8 Å². The quantitative estimate of drug-likeness (QED) is 0.521. The molecular weight excluding hydrogens is 350 g/mol. The number of nitro groups is 1. The number of nitro benzene ring substituents is 1. The second kappa shape index (κ2) is 7.09. The molecule has 0 aliphatic heterocycles. The maximum Gasteiger partial charge on any atom is 0.292 e. The van der Waals surface area contributed by atoms with Gasteiger partial charge in [0.25, 0.3) is 11.2 Å². The maximum atomic E-state index is 12.4. The molecule has 0 saturated heterocycles. The van der Waals surface area contributed by atoms with Gasteiger partial charge in [-0.2, -0.15) is 9.78 Å². The van der Waals surface area contributed by atoms with Crippen LogP contribution in [0.4, 0.5) is 11.4 Å². The Morgan fingerprint density at radius 2 is 2.04 bits per heavy atom. The lowest BCUT2D eigenvalue weighted by Gasteiger charge is -2.10. The number of halogens is 1. The van der Waals surface area contributed by atoms with E-state index < -0.39 is 10.5 Å². The molecule has 0 spiro atoms. The van der Waals surface area contributed by atoms with Gasteiger partial charge in [-0.25, -0.2) is 0 Å². The molecule has 2 heterocycles. The molecule has 0 unspecified atom stereocenters. The molecule has 25 heavy (non-hydrogen) atoms. The van der Waals surface area contributed by atoms with Crippen LogP contribution in [-0.2, 0) is 6.54 Å². The Kier molecular flexibility index (Phi) is 4.70. The predicted molar refractivity (Wildman–Crippen MR) is 90.0 cm³/mol. The zero-order valence-corrected chi connectivity index (χ0v) is 13.5. The van der Waals surface area contributed by atoms with E-state index in [1.54, 1.807) is 17.1 Å². The molecular formula is C14H12ClN7O3. The van der Waals surface area contributed by atoms with Crippen molar-refractivity contribution in [3.8, 4) is 5.69 Å². The highest BCUT2D eigenvalue weighted by molar-refractivity contribution is 6.32. The minimum atomic E-state index is -0.527. The van der Waals surface area contributed by atoms with Crippen molar-refractivity contribution in [1.29, 1.82) is 0 Å². The first-order chi connectivity index (χ1) is 12.1. The van der Waals surface area contributed by atoms with Crippen LogP contribution in [0.1, 0.15) is 0 Å². The average Bonchev–Trinajstić information content (AvgIpc) is 3.12. The summed E-state index contributed by atoms with van der Waals surface area (Å²) >= 11 is 6.11. The number of nitrogens with one attached hydrogen (secondary N) is 1. The van der Waals surface area contributed by atoms with Crippen LogP contribution in [-0.4, -0.2) is 36.2 Å². The summed E-state index contributed by atoms with van der Waals surface area (Å²) in [7, 11) is 0. The molecule has 0 atom stereocenters. The molecule has 0 amide bonds. The van der Waals surface area contributed by atoms with E-state index in [1.807, 2.05) is 0 Å². The van der Waals surface area contributed by atoms with Crippen LogP contribution in [0.15, 0.2) is 47.7 Å². The van der Waals surface area contributed by atoms with E-state index in [-0.39, 0.29) is 10.7 Å². The SMILES string of the molecule is O=c1c(Cl)c(NCCn2ccnn2)cnn1-c1ccc([N+](=O)[O-])cc1. The number of non-ortho nitro benzene ring substituents is 1. The van der Waals surface area contributed by atoms with Crippen LogP contribution in [0, 0.1) is 10.1 Å². The molecule has 0 radical (unpaired) electrons. The number of benzene rings is 1. The van der Waals surface area contributed by atoms with Crippen LogP contribution in [0.3, 0.4) is 0 Å². The van der Waals surface area contributed by atoms with Crippen molar-refractivity contribution in [2.75, 3.05) is 11.9 Å². The van der Waals surface area contributed by atoms with E-state index in [4.69, 9.17) is 11.6 Å². The van der Waals surface area contributed by atoms with Crippen LogP contribution < -0.4 is 10.9 Å². The Morgan fingerprint density at radius 3 is 2.68 bits per heavy atom. The van der Waals surface area contributed by atoms with Crippen LogP contribution in [0.5, 0.6) is 0 Å². The Morgan fingerprint density at radius 1 is 1.28 bits per heavy atom. The number of hydrogen-bond acceptors (Lipinski definition) is 7. The summed E-state index contributed by atoms with van der Waals surface area (Å²) in [6.07, 6.45) is 4.71. The standard InChI is InChI=1S/C14H12ClN7O3/c15-13-12(16-5-7-20-8-6-17-19-20)9-18-21(14(13)23)10-1-3-11(4-2-10)22(24)25/h1-4,6,8-9,16H,5,7H2. The molecule has 0 saturated carbocycles. The highest BCUT2D eigenvalue weighted by Crippen LogP contribution is 2.18. The molecule has 11 heteroatoms. The molecule has 1 N–H and O–H groups in total. The highest BCUT2D eigenvalue weighted by atomic mass is 35.5. The fraction of sp³-hybridized carbons (Fsp3) is 0.143. The van der Waals surface area contributed by atoms with E-state index in [1.165, 1.54) is 30.5 Å². The van der Waals surface area contributed by atoms with Crippen LogP contribution >= 0.6 is 11.6 Å². The number of anilines is 1. The fourth-order valence-electron chi connectivity index (χ4n) is 2.11. The van der Waals surface area contributed by atoms with Crippen molar-refractivity contribution in [3.05, 3.63) is 68.3 Å². The summed E-state index contributed by atoms with van der Waals surface area (Å²) in [6.45, 7) is 1.02. The third-order valence-electron chi connectivity index (χ3n) is 3.35. The molecule has 0 bridgehead atoms. The Labute approximate surface area is 145 Å². The van der Waals surface area contributed by atoms with Gasteiger partial charge in [-0.1, -0.05) is 16.8 Å². The molecule has 0 fully saturated rings. The van der Waals surface area contributed by atoms with Crippen molar-refractivity contribution in [2.24, 2.45) is 0 Å². The lowest BCUT2D eigenvalue weighted by atomic mass is 10.3. The summed E-state index contributed by atoms with van der Waals surface area (Å²) in [5, 5.41) is 25.2. The number of nitrogens with zero attached hydrogens (tertiary/aromatic N) is 6. The number of aromatic nitrogens is 5. The maximum absolute atomic E-state index is 12.4. The zero-order chi connectivity index (χ0) is 17.8. The first-order valence-corrected chi connectivity index (χ1v) is 7.54. The van der Waals surface area contributed by atoms with Gasteiger partial charge in [0.15, 0.2) is 0 Å². The summed E-state index contributed by atoms with van der Waals surface area (Å²) in [4.78, 5) is 22.5. The Bertz CT molecular complexity index is 938. The Balaban J connectivity index is 1.77. The Hall–Kier alpha value is -3.27. The first-order valence-electron chi connectivity index (χ1n) is 7.17. The van der Waals surface area contributed by atoms with Crippen molar-refractivity contribution in [2.45, 2.75) is 6.54 Å². The lowest BCUT2D eigenvalue weighted by molar-refractivity contribution is -0.384. The number of rotatable bonds is 6. The molecule has 0 aliphatic rings. The zero-order valence-electron chi connectivity index (χ0n) is 12.7. The summed E-state index contributed by atoms with van der Waals surface area (Å²) in [6, 6.07) is 5.45. The second-order valence-electron chi connectivity index (χ2n) is 4.96. The predicted octanol–water partition coefficient (Wildman–Crippen LogP) is 1.50. The second-order valence-corrected chi connectivity index (χ2v) is 5.33. The lowest BCUT2D eigenvalue weighted by Crippen LogP contribution is -2.23. The largest absolute Gasteiger partial charge is 0.381 e. The van der Waals surface area contributed by atoms with Gasteiger partial charge in [0.2, 0.25) is 0 Å². The molecule has 10 nitrogen and oxygen atoms in total. The molecule has 2 aromatic heterocycles. The van der Waals surface area contributed by atoms with Gasteiger partial charge < -0.3 is 5.32 Å². The third-order valence-corrected chi connectivity index (χ3v) is 3.72. The topological polar surface area (TPSA) is 121 Å². The van der Waals surface area contributed by atoms with Gasteiger partial charge in [-0.15, -0.1) is 5.10 Å².